The molecule has 0 atom stereocenters. The van der Waals surface area contributed by atoms with E-state index in [4.69, 9.17) is 11.5 Å². The highest BCUT2D eigenvalue weighted by Gasteiger charge is 2.03. The number of aromatic nitrogens is 2. The Morgan fingerprint density at radius 2 is 2.45 bits per heavy atom. The van der Waals surface area contributed by atoms with Crippen molar-refractivity contribution in [2.45, 2.75) is 6.42 Å². The van der Waals surface area contributed by atoms with E-state index in [1.54, 1.807) is 0 Å². The first-order valence-electron chi connectivity index (χ1n) is 3.27. The topological polar surface area (TPSA) is 86.9 Å². The predicted octanol–water partition coefficient (Wildman–Crippen LogP) is -0.546. The first kappa shape index (κ1) is 7.74. The summed E-state index contributed by atoms with van der Waals surface area (Å²) in [6, 6.07) is 0. The number of carbonyl (C=O) groups excluding carboxylic acids is 1. The molecule has 0 unspecified atom stereocenters. The van der Waals surface area contributed by atoms with Crippen molar-refractivity contribution in [3.63, 3.8) is 0 Å². The number of hydrogen-bond acceptors (Lipinski definition) is 4. The van der Waals surface area contributed by atoms with Gasteiger partial charge < -0.3 is 11.5 Å². The fourth-order valence-corrected chi connectivity index (χ4v) is 0.711. The minimum absolute atomic E-state index is 0.135. The number of nitrogens with two attached hydrogens (primary N) is 2. The average molecular weight is 154 g/mol. The molecule has 1 rings (SSSR count). The standard InChI is InChI=1S/C6H10N4O/c7-2-1-6(11)10-4-5(8)3-9-10/h3-4H,1-2,7-8H2. The summed E-state index contributed by atoms with van der Waals surface area (Å²) in [5.41, 5.74) is 11.0. The predicted molar refractivity (Wildman–Crippen MR) is 40.9 cm³/mol. The minimum Gasteiger partial charge on any atom is -0.396 e. The molecular weight excluding hydrogens is 144 g/mol. The summed E-state index contributed by atoms with van der Waals surface area (Å²) in [7, 11) is 0. The Balaban J connectivity index is 2.69. The van der Waals surface area contributed by atoms with Crippen LogP contribution in [0.2, 0.25) is 0 Å². The van der Waals surface area contributed by atoms with Gasteiger partial charge >= 0.3 is 0 Å². The van der Waals surface area contributed by atoms with Crippen LogP contribution < -0.4 is 11.5 Å². The van der Waals surface area contributed by atoms with Crippen LogP contribution in [0.15, 0.2) is 12.4 Å². The Labute approximate surface area is 64.0 Å². The van der Waals surface area contributed by atoms with E-state index in [0.717, 1.165) is 0 Å². The zero-order valence-electron chi connectivity index (χ0n) is 6.03. The van der Waals surface area contributed by atoms with Crippen LogP contribution >= 0.6 is 0 Å². The zero-order valence-corrected chi connectivity index (χ0v) is 6.03. The molecule has 1 heterocycles. The van der Waals surface area contributed by atoms with E-state index in [2.05, 4.69) is 5.10 Å². The summed E-state index contributed by atoms with van der Waals surface area (Å²) in [4.78, 5) is 11.0. The van der Waals surface area contributed by atoms with Gasteiger partial charge in [0.15, 0.2) is 0 Å². The Bertz CT molecular complexity index is 255. The van der Waals surface area contributed by atoms with Crippen LogP contribution in [0.5, 0.6) is 0 Å². The van der Waals surface area contributed by atoms with E-state index in [0.29, 0.717) is 18.7 Å². The molecule has 0 aliphatic heterocycles. The van der Waals surface area contributed by atoms with Gasteiger partial charge in [-0.2, -0.15) is 5.10 Å². The lowest BCUT2D eigenvalue weighted by molar-refractivity contribution is 0.0890. The van der Waals surface area contributed by atoms with Crippen LogP contribution in [0.3, 0.4) is 0 Å². The second-order valence-corrected chi connectivity index (χ2v) is 2.15. The molecule has 0 saturated carbocycles. The number of rotatable bonds is 2. The number of hydrogen-bond donors (Lipinski definition) is 2. The average Bonchev–Trinajstić information content (AvgIpc) is 2.36. The SMILES string of the molecule is NCCC(=O)n1cc(N)cn1. The highest BCUT2D eigenvalue weighted by Crippen LogP contribution is 1.98. The molecule has 0 spiro atoms. The molecule has 60 valence electrons. The molecule has 5 heteroatoms. The third-order valence-corrected chi connectivity index (χ3v) is 1.22. The van der Waals surface area contributed by atoms with Crippen LogP contribution in [0.4, 0.5) is 5.69 Å². The summed E-state index contributed by atoms with van der Waals surface area (Å²) in [5.74, 6) is -0.135. The van der Waals surface area contributed by atoms with Crippen molar-refractivity contribution in [1.29, 1.82) is 0 Å². The molecule has 1 aromatic heterocycles. The van der Waals surface area contributed by atoms with Crippen LogP contribution in [0, 0.1) is 0 Å². The van der Waals surface area contributed by atoms with Crippen molar-refractivity contribution in [2.24, 2.45) is 5.73 Å². The van der Waals surface area contributed by atoms with Gasteiger partial charge in [0.25, 0.3) is 0 Å². The van der Waals surface area contributed by atoms with Gasteiger partial charge in [-0.15, -0.1) is 0 Å². The molecular formula is C6H10N4O. The number of anilines is 1. The van der Waals surface area contributed by atoms with Gasteiger partial charge in [0.05, 0.1) is 18.1 Å². The maximum atomic E-state index is 11.0. The summed E-state index contributed by atoms with van der Waals surface area (Å²) in [5, 5.41) is 3.72. The summed E-state index contributed by atoms with van der Waals surface area (Å²) < 4.78 is 1.20. The van der Waals surface area contributed by atoms with Gasteiger partial charge in [-0.3, -0.25) is 4.79 Å². The molecule has 0 aliphatic carbocycles. The van der Waals surface area contributed by atoms with Crippen molar-refractivity contribution in [2.75, 3.05) is 12.3 Å². The summed E-state index contributed by atoms with van der Waals surface area (Å²) in [6.07, 6.45) is 3.19. The summed E-state index contributed by atoms with van der Waals surface area (Å²) >= 11 is 0. The van der Waals surface area contributed by atoms with E-state index >= 15 is 0 Å². The lowest BCUT2D eigenvalue weighted by Crippen LogP contribution is -2.15. The largest absolute Gasteiger partial charge is 0.396 e. The lowest BCUT2D eigenvalue weighted by Gasteiger charge is -1.95. The molecule has 0 aliphatic rings. The summed E-state index contributed by atoms with van der Waals surface area (Å²) in [6.45, 7) is 0.332. The van der Waals surface area contributed by atoms with E-state index in [-0.39, 0.29) is 5.91 Å². The highest BCUT2D eigenvalue weighted by molar-refractivity contribution is 5.78. The smallest absolute Gasteiger partial charge is 0.248 e. The first-order valence-corrected chi connectivity index (χ1v) is 3.27. The maximum absolute atomic E-state index is 11.0. The zero-order chi connectivity index (χ0) is 8.27. The second kappa shape index (κ2) is 3.16. The van der Waals surface area contributed by atoms with Crippen molar-refractivity contribution in [1.82, 2.24) is 9.78 Å². The van der Waals surface area contributed by atoms with E-state index in [9.17, 15) is 4.79 Å². The fraction of sp³-hybridized carbons (Fsp3) is 0.333. The number of carbonyl (C=O) groups is 1. The molecule has 1 aromatic rings. The molecule has 0 fully saturated rings. The van der Waals surface area contributed by atoms with Crippen molar-refractivity contribution in [3.8, 4) is 0 Å². The Kier molecular flexibility index (Phi) is 2.22. The Morgan fingerprint density at radius 3 is 2.91 bits per heavy atom. The molecule has 0 amide bonds. The van der Waals surface area contributed by atoms with Gasteiger partial charge in [-0.25, -0.2) is 4.68 Å². The third kappa shape index (κ3) is 1.78. The van der Waals surface area contributed by atoms with Crippen molar-refractivity contribution >= 4 is 11.6 Å². The van der Waals surface area contributed by atoms with Crippen LogP contribution in [-0.2, 0) is 0 Å². The van der Waals surface area contributed by atoms with Crippen LogP contribution in [0.25, 0.3) is 0 Å². The van der Waals surface area contributed by atoms with E-state index < -0.39 is 0 Å². The van der Waals surface area contributed by atoms with Gasteiger partial charge in [-0.1, -0.05) is 0 Å². The Hall–Kier alpha value is -1.36. The lowest BCUT2D eigenvalue weighted by atomic mass is 10.4. The molecule has 4 N–H and O–H groups in total. The fourth-order valence-electron chi connectivity index (χ4n) is 0.711. The third-order valence-electron chi connectivity index (χ3n) is 1.22. The molecule has 0 aromatic carbocycles. The van der Waals surface area contributed by atoms with Gasteiger partial charge in [-0.05, 0) is 0 Å². The first-order chi connectivity index (χ1) is 5.24. The Morgan fingerprint density at radius 1 is 1.73 bits per heavy atom. The molecule has 0 radical (unpaired) electrons. The van der Waals surface area contributed by atoms with E-state index in [1.807, 2.05) is 0 Å². The second-order valence-electron chi connectivity index (χ2n) is 2.15. The maximum Gasteiger partial charge on any atom is 0.248 e. The van der Waals surface area contributed by atoms with Gasteiger partial charge in [0, 0.05) is 13.0 Å². The molecule has 0 bridgehead atoms. The molecule has 5 nitrogen and oxygen atoms in total. The quantitative estimate of drug-likeness (QED) is 0.598. The van der Waals surface area contributed by atoms with Gasteiger partial charge in [0.1, 0.15) is 0 Å². The van der Waals surface area contributed by atoms with Gasteiger partial charge in [0.2, 0.25) is 5.91 Å². The minimum atomic E-state index is -0.135. The number of nitrogen functional groups attached to an aromatic ring is 1. The van der Waals surface area contributed by atoms with Crippen molar-refractivity contribution in [3.05, 3.63) is 12.4 Å². The highest BCUT2D eigenvalue weighted by atomic mass is 16.2. The van der Waals surface area contributed by atoms with E-state index in [1.165, 1.54) is 17.1 Å². The molecule has 0 saturated heterocycles. The van der Waals surface area contributed by atoms with Crippen LogP contribution in [-0.4, -0.2) is 22.2 Å². The number of nitrogens with zero attached hydrogens (tertiary/aromatic N) is 2. The molecule has 11 heavy (non-hydrogen) atoms. The normalized spacial score (nSPS) is 9.91. The monoisotopic (exact) mass is 154 g/mol. The van der Waals surface area contributed by atoms with Crippen molar-refractivity contribution < 1.29 is 4.79 Å². The van der Waals surface area contributed by atoms with Crippen LogP contribution in [0.1, 0.15) is 11.2 Å².